The topological polar surface area (TPSA) is 208 Å². The summed E-state index contributed by atoms with van der Waals surface area (Å²) in [6.07, 6.45) is 0. The lowest BCUT2D eigenvalue weighted by atomic mass is 9.93. The number of rotatable bonds is 5. The second-order valence-electron chi connectivity index (χ2n) is 5.55. The van der Waals surface area contributed by atoms with E-state index in [4.69, 9.17) is 16.0 Å². The third kappa shape index (κ3) is 3.14. The Morgan fingerprint density at radius 3 is 2.52 bits per heavy atom. The van der Waals surface area contributed by atoms with Gasteiger partial charge in [-0.2, -0.15) is 9.36 Å². The molecule has 2 unspecified atom stereocenters. The maximum Gasteiger partial charge on any atom is 0.327 e. The molecular weight excluding hydrogens is 404 g/mol. The molecule has 0 saturated carbocycles. The number of carbonyl (C=O) groups is 4. The number of carboxylic acids is 2. The Hall–Kier alpha value is -2.94. The molecule has 1 aromatic heterocycles. The van der Waals surface area contributed by atoms with E-state index < -0.39 is 52.8 Å². The van der Waals surface area contributed by atoms with E-state index in [0.29, 0.717) is 0 Å². The van der Waals surface area contributed by atoms with Crippen LogP contribution in [0.5, 0.6) is 0 Å². The fourth-order valence-corrected chi connectivity index (χ4v) is 4.75. The molecule has 2 aliphatic rings. The molecule has 2 saturated heterocycles. The first-order chi connectivity index (χ1) is 12.8. The van der Waals surface area contributed by atoms with Crippen molar-refractivity contribution in [1.29, 1.82) is 0 Å². The first-order valence-electron chi connectivity index (χ1n) is 7.28. The third-order valence-corrected chi connectivity index (χ3v) is 5.97. The number of carbonyl (C=O) groups excluding carboxylic acids is 2. The number of amides is 2. The number of nitrogen functional groups attached to an aromatic ring is 1. The Kier molecular flexibility index (Phi) is 4.88. The Labute approximate surface area is 158 Å². The van der Waals surface area contributed by atoms with Crippen LogP contribution in [0.15, 0.2) is 5.16 Å². The van der Waals surface area contributed by atoms with Gasteiger partial charge in [0.2, 0.25) is 17.4 Å². The minimum atomic E-state index is -1.53. The molecule has 0 radical (unpaired) electrons. The summed E-state index contributed by atoms with van der Waals surface area (Å²) in [5.41, 5.74) is 4.85. The van der Waals surface area contributed by atoms with Crippen molar-refractivity contribution in [1.82, 2.24) is 19.6 Å². The van der Waals surface area contributed by atoms with E-state index in [0.717, 1.165) is 28.2 Å². The van der Waals surface area contributed by atoms with Gasteiger partial charge in [-0.1, -0.05) is 5.16 Å². The van der Waals surface area contributed by atoms with Crippen molar-refractivity contribution < 1.29 is 34.6 Å². The predicted molar refractivity (Wildman–Crippen MR) is 90.2 cm³/mol. The van der Waals surface area contributed by atoms with Gasteiger partial charge in [-0.25, -0.2) is 4.79 Å². The molecule has 144 valence electrons. The molecule has 2 fully saturated rings. The van der Waals surface area contributed by atoms with Crippen LogP contribution in [0.25, 0.3) is 0 Å². The minimum Gasteiger partial charge on any atom is -0.481 e. The van der Waals surface area contributed by atoms with E-state index in [9.17, 15) is 24.3 Å². The maximum absolute atomic E-state index is 12.4. The van der Waals surface area contributed by atoms with Gasteiger partial charge in [0, 0.05) is 17.3 Å². The number of hydrogen-bond acceptors (Lipinski definition) is 11. The molecule has 3 rings (SSSR count). The van der Waals surface area contributed by atoms with Crippen molar-refractivity contribution in [3.8, 4) is 0 Å². The zero-order valence-corrected chi connectivity index (χ0v) is 14.8. The summed E-state index contributed by atoms with van der Waals surface area (Å²) in [4.78, 5) is 52.0. The molecule has 13 nitrogen and oxygen atoms in total. The fraction of sp³-hybridized carbons (Fsp3) is 0.417. The van der Waals surface area contributed by atoms with Crippen LogP contribution >= 0.6 is 23.3 Å². The molecule has 0 aliphatic carbocycles. The van der Waals surface area contributed by atoms with Crippen LogP contribution in [0.4, 0.5) is 5.13 Å². The SMILES string of the molecule is Nc1nc(/C(=N/O)C(=O)N[C@@H]2C(=O)N3C(C(=O)O)C(C(=O)O)CS[C@H]23)ns1. The van der Waals surface area contributed by atoms with Crippen LogP contribution in [0.1, 0.15) is 5.82 Å². The second-order valence-corrected chi connectivity index (χ2v) is 7.49. The zero-order chi connectivity index (χ0) is 19.9. The number of anilines is 1. The molecule has 4 atom stereocenters. The molecule has 0 aromatic carbocycles. The van der Waals surface area contributed by atoms with Gasteiger partial charge in [0.05, 0.1) is 5.92 Å². The fourth-order valence-electron chi connectivity index (χ4n) is 2.81. The first kappa shape index (κ1) is 18.8. The highest BCUT2D eigenvalue weighted by atomic mass is 32.2. The number of β-lactam (4-membered cyclic amide) rings is 1. The summed E-state index contributed by atoms with van der Waals surface area (Å²) in [6, 6.07) is -2.63. The molecule has 2 aliphatic heterocycles. The standard InChI is InChI=1S/C12H12N6O7S2/c13-12-15-6(17-27-12)3(16-25)7(19)14-4-8(20)18-5(11(23)24)2(10(21)22)1-26-9(4)18/h2,4-5,9,25H,1H2,(H,14,19)(H,21,22)(H,23,24)(H2,13,15,17)/b16-3-/t2?,4-,5?,9-/m1/s1. The van der Waals surface area contributed by atoms with Crippen LogP contribution in [0.3, 0.4) is 0 Å². The van der Waals surface area contributed by atoms with Crippen molar-refractivity contribution >= 4 is 57.9 Å². The lowest BCUT2D eigenvalue weighted by molar-refractivity contribution is -0.169. The van der Waals surface area contributed by atoms with Crippen LogP contribution in [-0.2, 0) is 19.2 Å². The molecule has 2 amide bonds. The average Bonchev–Trinajstić information content (AvgIpc) is 3.04. The Morgan fingerprint density at radius 1 is 1.30 bits per heavy atom. The molecule has 1 aromatic rings. The summed E-state index contributed by atoms with van der Waals surface area (Å²) < 4.78 is 3.73. The quantitative estimate of drug-likeness (QED) is 0.151. The summed E-state index contributed by atoms with van der Waals surface area (Å²) in [5.74, 6) is -6.00. The van der Waals surface area contributed by atoms with E-state index in [1.807, 2.05) is 0 Å². The van der Waals surface area contributed by atoms with Crippen molar-refractivity contribution in [3.05, 3.63) is 5.82 Å². The lowest BCUT2D eigenvalue weighted by Gasteiger charge is -2.53. The summed E-state index contributed by atoms with van der Waals surface area (Å²) in [5, 5.41) is 31.9. The highest BCUT2D eigenvalue weighted by molar-refractivity contribution is 8.00. The molecule has 27 heavy (non-hydrogen) atoms. The van der Waals surface area contributed by atoms with E-state index in [2.05, 4.69) is 19.8 Å². The number of aliphatic carboxylic acids is 2. The number of aromatic nitrogens is 2. The van der Waals surface area contributed by atoms with E-state index in [-0.39, 0.29) is 16.7 Å². The Bertz CT molecular complexity index is 857. The summed E-state index contributed by atoms with van der Waals surface area (Å²) >= 11 is 1.81. The van der Waals surface area contributed by atoms with Gasteiger partial charge in [-0.3, -0.25) is 14.4 Å². The number of hydrogen-bond donors (Lipinski definition) is 5. The summed E-state index contributed by atoms with van der Waals surface area (Å²) in [6.45, 7) is 0. The number of oxime groups is 1. The van der Waals surface area contributed by atoms with Gasteiger partial charge in [0.25, 0.3) is 5.91 Å². The number of nitrogens with zero attached hydrogens (tertiary/aromatic N) is 4. The molecular formula is C12H12N6O7S2. The van der Waals surface area contributed by atoms with Crippen molar-refractivity contribution in [3.63, 3.8) is 0 Å². The number of nitrogens with one attached hydrogen (secondary N) is 1. The molecule has 15 heteroatoms. The van der Waals surface area contributed by atoms with Gasteiger partial charge >= 0.3 is 11.9 Å². The summed E-state index contributed by atoms with van der Waals surface area (Å²) in [7, 11) is 0. The van der Waals surface area contributed by atoms with Crippen LogP contribution in [-0.4, -0.2) is 82.4 Å². The van der Waals surface area contributed by atoms with E-state index in [1.165, 1.54) is 0 Å². The van der Waals surface area contributed by atoms with Gasteiger partial charge < -0.3 is 31.4 Å². The third-order valence-electron chi connectivity index (χ3n) is 4.03. The molecule has 6 N–H and O–H groups in total. The lowest BCUT2D eigenvalue weighted by Crippen LogP contribution is -2.76. The minimum absolute atomic E-state index is 0.0386. The number of nitrogens with two attached hydrogens (primary N) is 1. The Morgan fingerprint density at radius 2 is 2.00 bits per heavy atom. The largest absolute Gasteiger partial charge is 0.481 e. The van der Waals surface area contributed by atoms with Crippen molar-refractivity contribution in [2.45, 2.75) is 17.5 Å². The first-order valence-corrected chi connectivity index (χ1v) is 9.10. The second kappa shape index (κ2) is 6.99. The highest BCUT2D eigenvalue weighted by Gasteiger charge is 2.59. The zero-order valence-electron chi connectivity index (χ0n) is 13.2. The smallest absolute Gasteiger partial charge is 0.327 e. The van der Waals surface area contributed by atoms with Gasteiger partial charge in [-0.15, -0.1) is 11.8 Å². The van der Waals surface area contributed by atoms with Crippen LogP contribution in [0, 0.1) is 5.92 Å². The number of fused-ring (bicyclic) bond motifs is 1. The normalized spacial score (nSPS) is 27.5. The van der Waals surface area contributed by atoms with Crippen LogP contribution < -0.4 is 11.1 Å². The van der Waals surface area contributed by atoms with E-state index in [1.54, 1.807) is 0 Å². The maximum atomic E-state index is 12.4. The molecule has 3 heterocycles. The van der Waals surface area contributed by atoms with Gasteiger partial charge in [0.15, 0.2) is 5.13 Å². The highest BCUT2D eigenvalue weighted by Crippen LogP contribution is 2.40. The van der Waals surface area contributed by atoms with Gasteiger partial charge in [0.1, 0.15) is 17.5 Å². The Balaban J connectivity index is 1.75. The number of thioether (sulfide) groups is 1. The van der Waals surface area contributed by atoms with E-state index >= 15 is 0 Å². The molecule has 0 spiro atoms. The number of carboxylic acid groups (broad SMARTS) is 2. The molecule has 0 bridgehead atoms. The van der Waals surface area contributed by atoms with Crippen molar-refractivity contribution in [2.75, 3.05) is 11.5 Å². The van der Waals surface area contributed by atoms with Gasteiger partial charge in [-0.05, 0) is 0 Å². The predicted octanol–water partition coefficient (Wildman–Crippen LogP) is -2.15. The monoisotopic (exact) mass is 416 g/mol. The van der Waals surface area contributed by atoms with Crippen molar-refractivity contribution in [2.24, 2.45) is 11.1 Å². The van der Waals surface area contributed by atoms with Crippen LogP contribution in [0.2, 0.25) is 0 Å². The average molecular weight is 416 g/mol.